The SMILES string of the molecule is C=C(C)C(=O)OCCCc1ccc(-c2ccc(OCCOC(=O)C(=C)COC)cc2OC)cc1. The fraction of sp³-hybridized carbons (Fsp3) is 0.333. The molecule has 0 bridgehead atoms. The molecule has 0 radical (unpaired) electrons. The first-order valence-corrected chi connectivity index (χ1v) is 10.9. The minimum absolute atomic E-state index is 0.0967. The van der Waals surface area contributed by atoms with E-state index in [0.717, 1.165) is 29.5 Å². The van der Waals surface area contributed by atoms with Gasteiger partial charge in [-0.3, -0.25) is 0 Å². The van der Waals surface area contributed by atoms with Gasteiger partial charge in [0.2, 0.25) is 0 Å². The van der Waals surface area contributed by atoms with Crippen molar-refractivity contribution in [2.45, 2.75) is 19.8 Å². The van der Waals surface area contributed by atoms with Crippen molar-refractivity contribution in [3.05, 3.63) is 72.3 Å². The van der Waals surface area contributed by atoms with Crippen LogP contribution in [0.3, 0.4) is 0 Å². The van der Waals surface area contributed by atoms with Gasteiger partial charge in [-0.1, -0.05) is 37.4 Å². The normalized spacial score (nSPS) is 10.3. The Hall–Kier alpha value is -3.58. The summed E-state index contributed by atoms with van der Waals surface area (Å²) in [5.74, 6) is 0.411. The molecule has 2 aromatic carbocycles. The Labute approximate surface area is 200 Å². The molecule has 0 unspecified atom stereocenters. The first kappa shape index (κ1) is 26.7. The van der Waals surface area contributed by atoms with Crippen molar-refractivity contribution in [3.63, 3.8) is 0 Å². The van der Waals surface area contributed by atoms with Gasteiger partial charge in [0, 0.05) is 24.3 Å². The summed E-state index contributed by atoms with van der Waals surface area (Å²) in [5, 5.41) is 0. The van der Waals surface area contributed by atoms with Gasteiger partial charge in [0.15, 0.2) is 0 Å². The molecule has 2 aromatic rings. The Balaban J connectivity index is 1.88. The number of rotatable bonds is 14. The van der Waals surface area contributed by atoms with E-state index < -0.39 is 5.97 Å². The number of hydrogen-bond acceptors (Lipinski definition) is 7. The summed E-state index contributed by atoms with van der Waals surface area (Å²) < 4.78 is 26.3. The third kappa shape index (κ3) is 8.41. The molecule has 0 aromatic heterocycles. The minimum Gasteiger partial charge on any atom is -0.496 e. The molecular formula is C27H32O7. The number of ether oxygens (including phenoxy) is 5. The molecule has 0 aliphatic heterocycles. The standard InChI is InChI=1S/C27H32O7/c1-19(2)26(28)33-14-6-7-21-8-10-22(11-9-21)24-13-12-23(17-25(24)31-5)32-15-16-34-27(29)20(3)18-30-4/h8-13,17H,1,3,6-7,14-16,18H2,2,4-5H3. The van der Waals surface area contributed by atoms with Crippen molar-refractivity contribution in [2.24, 2.45) is 0 Å². The molecule has 0 aliphatic carbocycles. The van der Waals surface area contributed by atoms with Crippen LogP contribution in [0.5, 0.6) is 11.5 Å². The zero-order valence-corrected chi connectivity index (χ0v) is 20.1. The van der Waals surface area contributed by atoms with Gasteiger partial charge in [-0.15, -0.1) is 0 Å². The molecule has 0 fully saturated rings. The Bertz CT molecular complexity index is 993. The molecule has 0 N–H and O–H groups in total. The number of hydrogen-bond donors (Lipinski definition) is 0. The fourth-order valence-electron chi connectivity index (χ4n) is 3.04. The van der Waals surface area contributed by atoms with Gasteiger partial charge in [0.1, 0.15) is 24.7 Å². The highest BCUT2D eigenvalue weighted by atomic mass is 16.6. The van der Waals surface area contributed by atoms with E-state index in [1.165, 1.54) is 7.11 Å². The maximum Gasteiger partial charge on any atom is 0.335 e. The lowest BCUT2D eigenvalue weighted by atomic mass is 10.0. The van der Waals surface area contributed by atoms with E-state index in [4.69, 9.17) is 23.7 Å². The van der Waals surface area contributed by atoms with Crippen LogP contribution >= 0.6 is 0 Å². The second-order valence-electron chi connectivity index (χ2n) is 7.60. The number of aryl methyl sites for hydroxylation is 1. The maximum absolute atomic E-state index is 11.7. The first-order valence-electron chi connectivity index (χ1n) is 10.9. The van der Waals surface area contributed by atoms with Crippen LogP contribution < -0.4 is 9.47 Å². The highest BCUT2D eigenvalue weighted by Crippen LogP contribution is 2.33. The van der Waals surface area contributed by atoms with E-state index in [2.05, 4.69) is 13.2 Å². The number of carbonyl (C=O) groups is 2. The lowest BCUT2D eigenvalue weighted by Crippen LogP contribution is -2.15. The third-order valence-electron chi connectivity index (χ3n) is 4.82. The number of methoxy groups -OCH3 is 2. The molecule has 0 aliphatic rings. The zero-order chi connectivity index (χ0) is 24.9. The average molecular weight is 469 g/mol. The molecule has 0 amide bonds. The summed E-state index contributed by atoms with van der Waals surface area (Å²) in [7, 11) is 3.09. The lowest BCUT2D eigenvalue weighted by Gasteiger charge is -2.13. The van der Waals surface area contributed by atoms with Gasteiger partial charge >= 0.3 is 11.9 Å². The Morgan fingerprint density at radius 1 is 0.882 bits per heavy atom. The van der Waals surface area contributed by atoms with Crippen LogP contribution in [0.15, 0.2) is 66.8 Å². The largest absolute Gasteiger partial charge is 0.496 e. The van der Waals surface area contributed by atoms with Crippen molar-refractivity contribution < 1.29 is 33.3 Å². The Kier molecular flexibility index (Phi) is 10.9. The maximum atomic E-state index is 11.7. The van der Waals surface area contributed by atoms with Crippen LogP contribution in [-0.4, -0.2) is 52.6 Å². The van der Waals surface area contributed by atoms with Gasteiger partial charge in [-0.05, 0) is 43.0 Å². The smallest absolute Gasteiger partial charge is 0.335 e. The molecular weight excluding hydrogens is 436 g/mol. The highest BCUT2D eigenvalue weighted by molar-refractivity contribution is 5.88. The number of esters is 2. The topological polar surface area (TPSA) is 80.3 Å². The van der Waals surface area contributed by atoms with E-state index in [-0.39, 0.29) is 31.4 Å². The molecule has 0 saturated carbocycles. The summed E-state index contributed by atoms with van der Waals surface area (Å²) in [6.45, 7) is 9.59. The number of carbonyl (C=O) groups excluding carboxylic acids is 2. The summed E-state index contributed by atoms with van der Waals surface area (Å²) >= 11 is 0. The second kappa shape index (κ2) is 13.9. The van der Waals surface area contributed by atoms with Gasteiger partial charge in [-0.25, -0.2) is 9.59 Å². The van der Waals surface area contributed by atoms with E-state index in [0.29, 0.717) is 23.7 Å². The molecule has 0 heterocycles. The van der Waals surface area contributed by atoms with Gasteiger partial charge < -0.3 is 23.7 Å². The summed E-state index contributed by atoms with van der Waals surface area (Å²) in [6, 6.07) is 13.7. The first-order chi connectivity index (χ1) is 16.3. The lowest BCUT2D eigenvalue weighted by molar-refractivity contribution is -0.140. The van der Waals surface area contributed by atoms with E-state index >= 15 is 0 Å². The van der Waals surface area contributed by atoms with Crippen molar-refractivity contribution in [2.75, 3.05) is 40.6 Å². The van der Waals surface area contributed by atoms with Crippen LogP contribution in [0.25, 0.3) is 11.1 Å². The number of benzene rings is 2. The molecule has 182 valence electrons. The van der Waals surface area contributed by atoms with Crippen LogP contribution in [0.4, 0.5) is 0 Å². The van der Waals surface area contributed by atoms with Gasteiger partial charge in [-0.2, -0.15) is 0 Å². The third-order valence-corrected chi connectivity index (χ3v) is 4.82. The van der Waals surface area contributed by atoms with Gasteiger partial charge in [0.25, 0.3) is 0 Å². The van der Waals surface area contributed by atoms with Crippen LogP contribution in [-0.2, 0) is 30.2 Å². The van der Waals surface area contributed by atoms with Crippen LogP contribution in [0, 0.1) is 0 Å². The predicted molar refractivity (Wildman–Crippen MR) is 130 cm³/mol. The molecule has 0 saturated heterocycles. The molecule has 2 rings (SSSR count). The molecule has 7 heteroatoms. The monoisotopic (exact) mass is 468 g/mol. The van der Waals surface area contributed by atoms with Crippen molar-refractivity contribution in [3.8, 4) is 22.6 Å². The van der Waals surface area contributed by atoms with Crippen molar-refractivity contribution in [1.29, 1.82) is 0 Å². The predicted octanol–water partition coefficient (Wildman–Crippen LogP) is 4.54. The van der Waals surface area contributed by atoms with Crippen molar-refractivity contribution >= 4 is 11.9 Å². The molecule has 7 nitrogen and oxygen atoms in total. The molecule has 0 spiro atoms. The summed E-state index contributed by atoms with van der Waals surface area (Å²) in [5.41, 5.74) is 3.75. The fourth-order valence-corrected chi connectivity index (χ4v) is 3.04. The Morgan fingerprint density at radius 2 is 1.59 bits per heavy atom. The van der Waals surface area contributed by atoms with E-state index in [1.807, 2.05) is 36.4 Å². The summed E-state index contributed by atoms with van der Waals surface area (Å²) in [6.07, 6.45) is 1.54. The second-order valence-corrected chi connectivity index (χ2v) is 7.60. The average Bonchev–Trinajstić information content (AvgIpc) is 2.84. The zero-order valence-electron chi connectivity index (χ0n) is 20.1. The van der Waals surface area contributed by atoms with Crippen molar-refractivity contribution in [1.82, 2.24) is 0 Å². The van der Waals surface area contributed by atoms with Crippen LogP contribution in [0.1, 0.15) is 18.9 Å². The molecule has 34 heavy (non-hydrogen) atoms. The van der Waals surface area contributed by atoms with Gasteiger partial charge in [0.05, 0.1) is 25.9 Å². The van der Waals surface area contributed by atoms with E-state index in [9.17, 15) is 9.59 Å². The minimum atomic E-state index is -0.505. The van der Waals surface area contributed by atoms with Crippen LogP contribution in [0.2, 0.25) is 0 Å². The summed E-state index contributed by atoms with van der Waals surface area (Å²) in [4.78, 5) is 23.1. The molecule has 0 atom stereocenters. The quantitative estimate of drug-likeness (QED) is 0.229. The Morgan fingerprint density at radius 3 is 2.24 bits per heavy atom. The van der Waals surface area contributed by atoms with E-state index in [1.54, 1.807) is 20.1 Å². The highest BCUT2D eigenvalue weighted by Gasteiger charge is 2.10.